The third-order valence-electron chi connectivity index (χ3n) is 4.13. The van der Waals surface area contributed by atoms with Crippen LogP contribution in [-0.4, -0.2) is 66.7 Å². The summed E-state index contributed by atoms with van der Waals surface area (Å²) in [6.45, 7) is 5.21. The van der Waals surface area contributed by atoms with Crippen molar-refractivity contribution in [1.82, 2.24) is 19.9 Å². The van der Waals surface area contributed by atoms with Crippen LogP contribution < -0.4 is 9.80 Å². The second kappa shape index (κ2) is 7.37. The van der Waals surface area contributed by atoms with Crippen LogP contribution in [0.5, 0.6) is 0 Å². The fourth-order valence-corrected chi connectivity index (χ4v) is 2.75. The fourth-order valence-electron chi connectivity index (χ4n) is 2.75. The number of hydrogen-bond donors (Lipinski definition) is 0. The van der Waals surface area contributed by atoms with E-state index in [1.54, 1.807) is 0 Å². The minimum Gasteiger partial charge on any atom is -0.354 e. The van der Waals surface area contributed by atoms with E-state index in [-0.39, 0.29) is 0 Å². The molecule has 2 aromatic heterocycles. The number of rotatable bonds is 5. The van der Waals surface area contributed by atoms with Crippen molar-refractivity contribution in [1.29, 1.82) is 0 Å². The molecule has 0 radical (unpaired) electrons. The Morgan fingerprint density at radius 2 is 1.83 bits per heavy atom. The third kappa shape index (κ3) is 4.16. The molecule has 0 N–H and O–H groups in total. The molecule has 1 saturated heterocycles. The van der Waals surface area contributed by atoms with E-state index in [0.29, 0.717) is 0 Å². The molecule has 2 aromatic rings. The Bertz CT molecular complexity index is 607. The smallest absolute Gasteiger partial charge is 0.226 e. The van der Waals surface area contributed by atoms with Crippen LogP contribution in [0.3, 0.4) is 0 Å². The molecule has 3 heterocycles. The van der Waals surface area contributed by atoms with Gasteiger partial charge >= 0.3 is 0 Å². The van der Waals surface area contributed by atoms with Gasteiger partial charge < -0.3 is 9.80 Å². The van der Waals surface area contributed by atoms with Crippen LogP contribution in [0.1, 0.15) is 5.69 Å². The molecule has 122 valence electrons. The lowest BCUT2D eigenvalue weighted by Crippen LogP contribution is -2.47. The molecule has 1 aliphatic heterocycles. The molecule has 0 aliphatic carbocycles. The van der Waals surface area contributed by atoms with Gasteiger partial charge in [-0.05, 0) is 18.2 Å². The SMILES string of the molecule is CN(C)c1nccc(N2CCN(CCc3ccccn3)CC2)n1. The van der Waals surface area contributed by atoms with Crippen molar-refractivity contribution in [3.05, 3.63) is 42.4 Å². The number of pyridine rings is 1. The summed E-state index contributed by atoms with van der Waals surface area (Å²) in [4.78, 5) is 20.1. The number of hydrogen-bond acceptors (Lipinski definition) is 6. The first-order valence-electron chi connectivity index (χ1n) is 8.10. The van der Waals surface area contributed by atoms with E-state index in [2.05, 4.69) is 36.9 Å². The average molecular weight is 312 g/mol. The zero-order valence-electron chi connectivity index (χ0n) is 13.9. The van der Waals surface area contributed by atoms with Crippen molar-refractivity contribution in [3.63, 3.8) is 0 Å². The monoisotopic (exact) mass is 312 g/mol. The van der Waals surface area contributed by atoms with Gasteiger partial charge in [-0.3, -0.25) is 9.88 Å². The number of aromatic nitrogens is 3. The molecule has 0 aromatic carbocycles. The molecular formula is C17H24N6. The Morgan fingerprint density at radius 3 is 2.52 bits per heavy atom. The van der Waals surface area contributed by atoms with Crippen molar-refractivity contribution >= 4 is 11.8 Å². The minimum atomic E-state index is 0.764. The van der Waals surface area contributed by atoms with Crippen LogP contribution in [0.15, 0.2) is 36.7 Å². The van der Waals surface area contributed by atoms with Crippen molar-refractivity contribution in [3.8, 4) is 0 Å². The van der Waals surface area contributed by atoms with Gasteiger partial charge in [-0.1, -0.05) is 6.07 Å². The summed E-state index contributed by atoms with van der Waals surface area (Å²) in [7, 11) is 3.93. The topological polar surface area (TPSA) is 48.4 Å². The molecule has 0 bridgehead atoms. The van der Waals surface area contributed by atoms with Gasteiger partial charge in [0.15, 0.2) is 0 Å². The van der Waals surface area contributed by atoms with E-state index < -0.39 is 0 Å². The van der Waals surface area contributed by atoms with Gasteiger partial charge in [0.25, 0.3) is 0 Å². The van der Waals surface area contributed by atoms with Crippen LogP contribution in [0.4, 0.5) is 11.8 Å². The van der Waals surface area contributed by atoms with Gasteiger partial charge in [-0.15, -0.1) is 0 Å². The molecule has 1 aliphatic rings. The van der Waals surface area contributed by atoms with E-state index >= 15 is 0 Å². The van der Waals surface area contributed by atoms with Crippen LogP contribution in [-0.2, 0) is 6.42 Å². The summed E-state index contributed by atoms with van der Waals surface area (Å²) in [5.41, 5.74) is 1.17. The van der Waals surface area contributed by atoms with Crippen LogP contribution >= 0.6 is 0 Å². The average Bonchev–Trinajstić information content (AvgIpc) is 2.61. The molecule has 6 nitrogen and oxygen atoms in total. The maximum atomic E-state index is 4.63. The second-order valence-corrected chi connectivity index (χ2v) is 6.01. The first-order chi connectivity index (χ1) is 11.2. The first-order valence-corrected chi connectivity index (χ1v) is 8.10. The maximum absolute atomic E-state index is 4.63. The summed E-state index contributed by atoms with van der Waals surface area (Å²) in [5.74, 6) is 1.79. The molecule has 0 spiro atoms. The molecule has 0 amide bonds. The summed E-state index contributed by atoms with van der Waals surface area (Å²) in [5, 5.41) is 0. The zero-order valence-corrected chi connectivity index (χ0v) is 13.9. The van der Waals surface area contributed by atoms with Gasteiger partial charge in [0.2, 0.25) is 5.95 Å². The van der Waals surface area contributed by atoms with Crippen molar-refractivity contribution in [2.45, 2.75) is 6.42 Å². The van der Waals surface area contributed by atoms with Gasteiger partial charge in [0.1, 0.15) is 5.82 Å². The highest BCUT2D eigenvalue weighted by atomic mass is 15.3. The first kappa shape index (κ1) is 15.7. The number of nitrogens with zero attached hydrogens (tertiary/aromatic N) is 6. The molecule has 6 heteroatoms. The van der Waals surface area contributed by atoms with Gasteiger partial charge in [0, 0.05) is 71.3 Å². The lowest BCUT2D eigenvalue weighted by atomic mass is 10.2. The predicted octanol–water partition coefficient (Wildman–Crippen LogP) is 1.30. The Labute approximate surface area is 137 Å². The van der Waals surface area contributed by atoms with Crippen LogP contribution in [0, 0.1) is 0 Å². The lowest BCUT2D eigenvalue weighted by molar-refractivity contribution is 0.259. The zero-order chi connectivity index (χ0) is 16.1. The highest BCUT2D eigenvalue weighted by Crippen LogP contribution is 2.15. The summed E-state index contributed by atoms with van der Waals surface area (Å²) in [6.07, 6.45) is 4.72. The van der Waals surface area contributed by atoms with Crippen LogP contribution in [0.25, 0.3) is 0 Å². The van der Waals surface area contributed by atoms with Crippen molar-refractivity contribution in [2.75, 3.05) is 56.6 Å². The predicted molar refractivity (Wildman–Crippen MR) is 93.0 cm³/mol. The van der Waals surface area contributed by atoms with E-state index in [4.69, 9.17) is 0 Å². The Balaban J connectivity index is 1.51. The largest absolute Gasteiger partial charge is 0.354 e. The van der Waals surface area contributed by atoms with E-state index in [9.17, 15) is 0 Å². The standard InChI is InChI=1S/C17H24N6/c1-21(2)17-19-9-6-16(20-17)23-13-11-22(12-14-23)10-7-15-5-3-4-8-18-15/h3-6,8-9H,7,10-14H2,1-2H3. The highest BCUT2D eigenvalue weighted by Gasteiger charge is 2.18. The Hall–Kier alpha value is -2.21. The van der Waals surface area contributed by atoms with Gasteiger partial charge in [-0.2, -0.15) is 4.98 Å². The van der Waals surface area contributed by atoms with Gasteiger partial charge in [0.05, 0.1) is 0 Å². The normalized spacial score (nSPS) is 15.7. The third-order valence-corrected chi connectivity index (χ3v) is 4.13. The van der Waals surface area contributed by atoms with E-state index in [1.807, 2.05) is 43.5 Å². The Kier molecular flexibility index (Phi) is 5.02. The minimum absolute atomic E-state index is 0.764. The molecule has 0 unspecified atom stereocenters. The number of piperazine rings is 1. The van der Waals surface area contributed by atoms with E-state index in [1.165, 1.54) is 5.69 Å². The summed E-state index contributed by atoms with van der Waals surface area (Å²) < 4.78 is 0. The molecule has 23 heavy (non-hydrogen) atoms. The van der Waals surface area contributed by atoms with E-state index in [0.717, 1.165) is 50.9 Å². The molecule has 0 atom stereocenters. The second-order valence-electron chi connectivity index (χ2n) is 6.01. The van der Waals surface area contributed by atoms with Gasteiger partial charge in [-0.25, -0.2) is 4.98 Å². The Morgan fingerprint density at radius 1 is 1.00 bits per heavy atom. The summed E-state index contributed by atoms with van der Waals surface area (Å²) in [6, 6.07) is 8.11. The lowest BCUT2D eigenvalue weighted by Gasteiger charge is -2.35. The molecular weight excluding hydrogens is 288 g/mol. The van der Waals surface area contributed by atoms with Crippen molar-refractivity contribution in [2.24, 2.45) is 0 Å². The van der Waals surface area contributed by atoms with Crippen molar-refractivity contribution < 1.29 is 0 Å². The van der Waals surface area contributed by atoms with Crippen LogP contribution in [0.2, 0.25) is 0 Å². The highest BCUT2D eigenvalue weighted by molar-refractivity contribution is 5.43. The molecule has 0 saturated carbocycles. The molecule has 1 fully saturated rings. The maximum Gasteiger partial charge on any atom is 0.226 e. The quantitative estimate of drug-likeness (QED) is 0.829. The summed E-state index contributed by atoms with van der Waals surface area (Å²) >= 11 is 0. The molecule has 3 rings (SSSR count). The number of anilines is 2. The fraction of sp³-hybridized carbons (Fsp3) is 0.471.